The van der Waals surface area contributed by atoms with Crippen LogP contribution in [0.15, 0.2) is 29.8 Å². The van der Waals surface area contributed by atoms with Gasteiger partial charge in [-0.25, -0.2) is 0 Å². The van der Waals surface area contributed by atoms with E-state index in [-0.39, 0.29) is 17.7 Å². The number of likely N-dealkylation sites (tertiary alicyclic amines) is 1. The Balaban J connectivity index is 1.77. The SMILES string of the molecule is COc1ccc(/C=C2\CN(C3CCCCC3)C(=O)C2=O)cc1. The average molecular weight is 299 g/mol. The van der Waals surface area contributed by atoms with Crippen LogP contribution in [0.4, 0.5) is 0 Å². The molecule has 0 N–H and O–H groups in total. The summed E-state index contributed by atoms with van der Waals surface area (Å²) < 4.78 is 5.12. The molecule has 4 nitrogen and oxygen atoms in total. The summed E-state index contributed by atoms with van der Waals surface area (Å²) in [6.07, 6.45) is 7.41. The van der Waals surface area contributed by atoms with Crippen molar-refractivity contribution >= 4 is 17.8 Å². The Morgan fingerprint density at radius 1 is 1.09 bits per heavy atom. The van der Waals surface area contributed by atoms with Crippen LogP contribution in [0, 0.1) is 0 Å². The van der Waals surface area contributed by atoms with E-state index in [0.717, 1.165) is 37.0 Å². The van der Waals surface area contributed by atoms with Gasteiger partial charge in [0.1, 0.15) is 5.75 Å². The van der Waals surface area contributed by atoms with E-state index in [1.165, 1.54) is 6.42 Å². The summed E-state index contributed by atoms with van der Waals surface area (Å²) in [6, 6.07) is 7.74. The molecule has 0 unspecified atom stereocenters. The van der Waals surface area contributed by atoms with Gasteiger partial charge in [0, 0.05) is 11.6 Å². The third kappa shape index (κ3) is 2.91. The van der Waals surface area contributed by atoms with Gasteiger partial charge in [0.25, 0.3) is 5.91 Å². The molecule has 1 saturated heterocycles. The number of amides is 1. The van der Waals surface area contributed by atoms with E-state index in [0.29, 0.717) is 12.1 Å². The Morgan fingerprint density at radius 3 is 2.41 bits per heavy atom. The van der Waals surface area contributed by atoms with Gasteiger partial charge in [-0.1, -0.05) is 31.4 Å². The van der Waals surface area contributed by atoms with Crippen LogP contribution in [-0.4, -0.2) is 36.3 Å². The van der Waals surface area contributed by atoms with Crippen LogP contribution in [0.2, 0.25) is 0 Å². The van der Waals surface area contributed by atoms with Crippen molar-refractivity contribution in [1.29, 1.82) is 0 Å². The number of ketones is 1. The van der Waals surface area contributed by atoms with Crippen molar-refractivity contribution in [3.8, 4) is 5.75 Å². The van der Waals surface area contributed by atoms with Crippen molar-refractivity contribution in [2.75, 3.05) is 13.7 Å². The molecular formula is C18H21NO3. The highest BCUT2D eigenvalue weighted by Crippen LogP contribution is 2.28. The summed E-state index contributed by atoms with van der Waals surface area (Å²) in [5, 5.41) is 0. The number of methoxy groups -OCH3 is 1. The van der Waals surface area contributed by atoms with Crippen molar-refractivity contribution in [3.63, 3.8) is 0 Å². The maximum absolute atomic E-state index is 12.2. The molecule has 1 aliphatic heterocycles. The lowest BCUT2D eigenvalue weighted by molar-refractivity contribution is -0.140. The predicted molar refractivity (Wildman–Crippen MR) is 84.6 cm³/mol. The highest BCUT2D eigenvalue weighted by molar-refractivity contribution is 6.46. The molecule has 1 saturated carbocycles. The van der Waals surface area contributed by atoms with Gasteiger partial charge in [0.15, 0.2) is 0 Å². The normalized spacial score (nSPS) is 21.7. The number of Topliss-reactive ketones (excluding diaryl/α,β-unsaturated/α-hetero) is 1. The molecule has 1 aliphatic carbocycles. The molecule has 0 atom stereocenters. The molecule has 0 bridgehead atoms. The molecule has 2 fully saturated rings. The maximum Gasteiger partial charge on any atom is 0.295 e. The summed E-state index contributed by atoms with van der Waals surface area (Å²) in [7, 11) is 1.62. The van der Waals surface area contributed by atoms with Gasteiger partial charge >= 0.3 is 0 Å². The second kappa shape index (κ2) is 6.34. The maximum atomic E-state index is 12.2. The van der Waals surface area contributed by atoms with Crippen LogP contribution >= 0.6 is 0 Å². The molecule has 0 spiro atoms. The third-order valence-electron chi connectivity index (χ3n) is 4.56. The number of rotatable bonds is 3. The van der Waals surface area contributed by atoms with Gasteiger partial charge in [0.05, 0.1) is 13.7 Å². The minimum atomic E-state index is -0.346. The van der Waals surface area contributed by atoms with Crippen LogP contribution in [0.25, 0.3) is 6.08 Å². The molecule has 1 amide bonds. The summed E-state index contributed by atoms with van der Waals surface area (Å²) in [4.78, 5) is 26.2. The number of benzene rings is 1. The number of hydrogen-bond donors (Lipinski definition) is 0. The Labute approximate surface area is 130 Å². The molecular weight excluding hydrogens is 278 g/mol. The smallest absolute Gasteiger partial charge is 0.295 e. The monoisotopic (exact) mass is 299 g/mol. The predicted octanol–water partition coefficient (Wildman–Crippen LogP) is 2.82. The van der Waals surface area contributed by atoms with Crippen LogP contribution in [0.3, 0.4) is 0 Å². The first-order valence-electron chi connectivity index (χ1n) is 7.89. The van der Waals surface area contributed by atoms with E-state index in [4.69, 9.17) is 4.74 Å². The second-order valence-electron chi connectivity index (χ2n) is 6.00. The molecule has 22 heavy (non-hydrogen) atoms. The largest absolute Gasteiger partial charge is 0.497 e. The van der Waals surface area contributed by atoms with Crippen molar-refractivity contribution in [2.24, 2.45) is 0 Å². The number of ether oxygens (including phenoxy) is 1. The zero-order chi connectivity index (χ0) is 15.5. The Hall–Kier alpha value is -2.10. The van der Waals surface area contributed by atoms with Crippen LogP contribution < -0.4 is 4.74 Å². The Morgan fingerprint density at radius 2 is 1.77 bits per heavy atom. The summed E-state index contributed by atoms with van der Waals surface area (Å²) >= 11 is 0. The fourth-order valence-electron chi connectivity index (χ4n) is 3.30. The zero-order valence-electron chi connectivity index (χ0n) is 12.9. The van der Waals surface area contributed by atoms with Gasteiger partial charge in [-0.3, -0.25) is 9.59 Å². The van der Waals surface area contributed by atoms with E-state index < -0.39 is 0 Å². The number of nitrogens with zero attached hydrogens (tertiary/aromatic N) is 1. The number of carbonyl (C=O) groups is 2. The highest BCUT2D eigenvalue weighted by atomic mass is 16.5. The van der Waals surface area contributed by atoms with Crippen LogP contribution in [-0.2, 0) is 9.59 Å². The van der Waals surface area contributed by atoms with E-state index in [1.54, 1.807) is 12.0 Å². The summed E-state index contributed by atoms with van der Waals surface area (Å²) in [5.74, 6) is 0.105. The van der Waals surface area contributed by atoms with Crippen LogP contribution in [0.5, 0.6) is 5.75 Å². The van der Waals surface area contributed by atoms with E-state index in [1.807, 2.05) is 30.3 Å². The van der Waals surface area contributed by atoms with Crippen molar-refractivity contribution < 1.29 is 14.3 Å². The number of hydrogen-bond acceptors (Lipinski definition) is 3. The van der Waals surface area contributed by atoms with Gasteiger partial charge in [-0.2, -0.15) is 0 Å². The van der Waals surface area contributed by atoms with Crippen molar-refractivity contribution in [1.82, 2.24) is 4.90 Å². The summed E-state index contributed by atoms with van der Waals surface area (Å²) in [5.41, 5.74) is 1.52. The first-order valence-corrected chi connectivity index (χ1v) is 7.89. The third-order valence-corrected chi connectivity index (χ3v) is 4.56. The second-order valence-corrected chi connectivity index (χ2v) is 6.00. The molecule has 0 aromatic heterocycles. The van der Waals surface area contributed by atoms with Gasteiger partial charge in [0.2, 0.25) is 5.78 Å². The fraction of sp³-hybridized carbons (Fsp3) is 0.444. The minimum absolute atomic E-state index is 0.243. The highest BCUT2D eigenvalue weighted by Gasteiger charge is 2.38. The molecule has 0 radical (unpaired) electrons. The molecule has 116 valence electrons. The molecule has 3 rings (SSSR count). The Bertz CT molecular complexity index is 597. The van der Waals surface area contributed by atoms with Gasteiger partial charge < -0.3 is 9.64 Å². The van der Waals surface area contributed by atoms with Gasteiger partial charge in [-0.05, 0) is 36.6 Å². The molecule has 1 aromatic carbocycles. The number of carbonyl (C=O) groups excluding carboxylic acids is 2. The quantitative estimate of drug-likeness (QED) is 0.637. The minimum Gasteiger partial charge on any atom is -0.497 e. The van der Waals surface area contributed by atoms with Crippen molar-refractivity contribution in [3.05, 3.63) is 35.4 Å². The lowest BCUT2D eigenvalue weighted by Crippen LogP contribution is -2.38. The van der Waals surface area contributed by atoms with E-state index >= 15 is 0 Å². The lowest BCUT2D eigenvalue weighted by Gasteiger charge is -2.30. The first-order chi connectivity index (χ1) is 10.7. The van der Waals surface area contributed by atoms with Crippen molar-refractivity contribution in [2.45, 2.75) is 38.1 Å². The standard InChI is InChI=1S/C18H21NO3/c1-22-16-9-7-13(8-10-16)11-14-12-19(18(21)17(14)20)15-5-3-2-4-6-15/h7-11,15H,2-6,12H2,1H3/b14-11+. The van der Waals surface area contributed by atoms with Gasteiger partial charge in [-0.15, -0.1) is 0 Å². The molecule has 2 aliphatic rings. The molecule has 1 aromatic rings. The average Bonchev–Trinajstić information content (AvgIpc) is 2.85. The zero-order valence-corrected chi connectivity index (χ0v) is 12.9. The molecule has 1 heterocycles. The molecule has 4 heteroatoms. The van der Waals surface area contributed by atoms with E-state index in [2.05, 4.69) is 0 Å². The fourth-order valence-corrected chi connectivity index (χ4v) is 3.30. The van der Waals surface area contributed by atoms with E-state index in [9.17, 15) is 9.59 Å². The topological polar surface area (TPSA) is 46.6 Å². The summed E-state index contributed by atoms with van der Waals surface area (Å²) in [6.45, 7) is 0.453. The lowest BCUT2D eigenvalue weighted by atomic mass is 9.94. The van der Waals surface area contributed by atoms with Crippen LogP contribution in [0.1, 0.15) is 37.7 Å². The first kappa shape index (κ1) is 14.8. The Kier molecular flexibility index (Phi) is 4.27.